The Kier molecular flexibility index (Phi) is 9.19. The van der Waals surface area contributed by atoms with Gasteiger partial charge in [-0.05, 0) is 76.9 Å². The summed E-state index contributed by atoms with van der Waals surface area (Å²) in [6, 6.07) is 19.4. The number of hydrazone groups is 1. The zero-order valence-corrected chi connectivity index (χ0v) is 22.8. The van der Waals surface area contributed by atoms with Crippen LogP contribution in [0.2, 0.25) is 0 Å². The molecule has 3 aromatic carbocycles. The van der Waals surface area contributed by atoms with Crippen molar-refractivity contribution >= 4 is 23.8 Å². The van der Waals surface area contributed by atoms with Gasteiger partial charge in [-0.2, -0.15) is 5.10 Å². The van der Waals surface area contributed by atoms with E-state index < -0.39 is 16.8 Å². The zero-order valence-electron chi connectivity index (χ0n) is 22.8. The van der Waals surface area contributed by atoms with Crippen LogP contribution >= 0.6 is 0 Å². The highest BCUT2D eigenvalue weighted by Gasteiger charge is 2.27. The molecule has 0 saturated carbocycles. The SMILES string of the molecule is CC(C)(C)CC(C)(C)c1ccc(OCC(=O)N/N=C/c2ccc(OC(=O)c3ccc([N+](=O)[O-])cc3)cc2)cc1. The largest absolute Gasteiger partial charge is 0.484 e. The molecule has 0 radical (unpaired) electrons. The molecule has 9 heteroatoms. The maximum Gasteiger partial charge on any atom is 0.343 e. The third kappa shape index (κ3) is 9.07. The van der Waals surface area contributed by atoms with E-state index in [0.717, 1.165) is 6.42 Å². The number of rotatable bonds is 10. The lowest BCUT2D eigenvalue weighted by Crippen LogP contribution is -2.25. The molecule has 0 bridgehead atoms. The van der Waals surface area contributed by atoms with Gasteiger partial charge in [0.05, 0.1) is 16.7 Å². The van der Waals surface area contributed by atoms with Gasteiger partial charge in [0.15, 0.2) is 6.61 Å². The number of carbonyl (C=O) groups is 2. The standard InChI is InChI=1S/C30H33N3O6/c1-29(2,3)20-30(4,5)23-10-16-25(17-11-23)38-19-27(34)32-31-18-21-6-14-26(15-7-21)39-28(35)22-8-12-24(13-9-22)33(36)37/h6-18H,19-20H2,1-5H3,(H,32,34)/b31-18+. The lowest BCUT2D eigenvalue weighted by atomic mass is 9.72. The highest BCUT2D eigenvalue weighted by Crippen LogP contribution is 2.36. The first-order chi connectivity index (χ1) is 18.3. The maximum absolute atomic E-state index is 12.2. The van der Waals surface area contributed by atoms with Gasteiger partial charge in [0, 0.05) is 12.1 Å². The third-order valence-corrected chi connectivity index (χ3v) is 5.79. The number of carbonyl (C=O) groups excluding carboxylic acids is 2. The average molecular weight is 532 g/mol. The van der Waals surface area contributed by atoms with Crippen molar-refractivity contribution in [2.75, 3.05) is 6.61 Å². The lowest BCUT2D eigenvalue weighted by Gasteiger charge is -2.33. The quantitative estimate of drug-likeness (QED) is 0.112. The molecule has 0 saturated heterocycles. The topological polar surface area (TPSA) is 120 Å². The molecule has 0 fully saturated rings. The van der Waals surface area contributed by atoms with E-state index in [2.05, 4.69) is 45.1 Å². The number of hydrogen-bond acceptors (Lipinski definition) is 7. The van der Waals surface area contributed by atoms with Crippen molar-refractivity contribution in [3.05, 3.63) is 99.6 Å². The predicted octanol–water partition coefficient (Wildman–Crippen LogP) is 6.06. The van der Waals surface area contributed by atoms with Crippen LogP contribution in [0.5, 0.6) is 11.5 Å². The highest BCUT2D eigenvalue weighted by atomic mass is 16.6. The molecule has 3 rings (SSSR count). The Hall–Kier alpha value is -4.53. The Morgan fingerprint density at radius 2 is 1.49 bits per heavy atom. The molecule has 0 aliphatic carbocycles. The van der Waals surface area contributed by atoms with Crippen LogP contribution in [-0.2, 0) is 10.2 Å². The minimum atomic E-state index is -0.637. The van der Waals surface area contributed by atoms with E-state index in [9.17, 15) is 19.7 Å². The zero-order chi connectivity index (χ0) is 28.6. The summed E-state index contributed by atoms with van der Waals surface area (Å²) in [5.41, 5.74) is 4.61. The van der Waals surface area contributed by atoms with Crippen LogP contribution in [0.25, 0.3) is 0 Å². The van der Waals surface area contributed by atoms with E-state index in [1.54, 1.807) is 24.3 Å². The van der Waals surface area contributed by atoms with Gasteiger partial charge in [0.25, 0.3) is 11.6 Å². The van der Waals surface area contributed by atoms with Crippen molar-refractivity contribution < 1.29 is 24.0 Å². The summed E-state index contributed by atoms with van der Waals surface area (Å²) in [5.74, 6) is -0.150. The van der Waals surface area contributed by atoms with Gasteiger partial charge in [-0.25, -0.2) is 10.2 Å². The second-order valence-electron chi connectivity index (χ2n) is 11.0. The Balaban J connectivity index is 1.45. The predicted molar refractivity (Wildman–Crippen MR) is 149 cm³/mol. The van der Waals surface area contributed by atoms with Crippen molar-refractivity contribution in [2.45, 2.75) is 46.5 Å². The van der Waals surface area contributed by atoms with Crippen molar-refractivity contribution in [1.82, 2.24) is 5.43 Å². The molecule has 0 aromatic heterocycles. The van der Waals surface area contributed by atoms with E-state index >= 15 is 0 Å². The number of ether oxygens (including phenoxy) is 2. The van der Waals surface area contributed by atoms with E-state index in [1.807, 2.05) is 24.3 Å². The summed E-state index contributed by atoms with van der Waals surface area (Å²) in [4.78, 5) is 34.5. The van der Waals surface area contributed by atoms with E-state index in [-0.39, 0.29) is 28.7 Å². The first-order valence-electron chi connectivity index (χ1n) is 12.4. The molecule has 1 N–H and O–H groups in total. The smallest absolute Gasteiger partial charge is 0.343 e. The molecule has 1 amide bonds. The molecular weight excluding hydrogens is 498 g/mol. The molecule has 0 heterocycles. The summed E-state index contributed by atoms with van der Waals surface area (Å²) in [6.07, 6.45) is 2.49. The normalized spacial score (nSPS) is 11.7. The van der Waals surface area contributed by atoms with Gasteiger partial charge in [0.1, 0.15) is 11.5 Å². The minimum Gasteiger partial charge on any atom is -0.484 e. The molecule has 0 aliphatic heterocycles. The summed E-state index contributed by atoms with van der Waals surface area (Å²) in [5, 5.41) is 14.7. The number of nitro benzene ring substituents is 1. The van der Waals surface area contributed by atoms with Gasteiger partial charge in [-0.15, -0.1) is 0 Å². The lowest BCUT2D eigenvalue weighted by molar-refractivity contribution is -0.384. The monoisotopic (exact) mass is 531 g/mol. The summed E-state index contributed by atoms with van der Waals surface area (Å²) in [6.45, 7) is 11.0. The van der Waals surface area contributed by atoms with Gasteiger partial charge < -0.3 is 9.47 Å². The molecule has 3 aromatic rings. The Morgan fingerprint density at radius 3 is 2.05 bits per heavy atom. The van der Waals surface area contributed by atoms with Crippen molar-refractivity contribution in [3.8, 4) is 11.5 Å². The van der Waals surface area contributed by atoms with Gasteiger partial charge in [-0.3, -0.25) is 14.9 Å². The summed E-state index contributed by atoms with van der Waals surface area (Å²) in [7, 11) is 0. The second-order valence-corrected chi connectivity index (χ2v) is 11.0. The van der Waals surface area contributed by atoms with Crippen LogP contribution in [0.4, 0.5) is 5.69 Å². The third-order valence-electron chi connectivity index (χ3n) is 5.79. The number of nitro groups is 1. The summed E-state index contributed by atoms with van der Waals surface area (Å²) >= 11 is 0. The molecular formula is C30H33N3O6. The number of amides is 1. The first-order valence-corrected chi connectivity index (χ1v) is 12.4. The Bertz CT molecular complexity index is 1320. The minimum absolute atomic E-state index is 0.0237. The fraction of sp³-hybridized carbons (Fsp3) is 0.300. The number of non-ortho nitro benzene ring substituents is 1. The van der Waals surface area contributed by atoms with Crippen LogP contribution in [0, 0.1) is 15.5 Å². The number of esters is 1. The van der Waals surface area contributed by atoms with Crippen molar-refractivity contribution in [1.29, 1.82) is 0 Å². The summed E-state index contributed by atoms with van der Waals surface area (Å²) < 4.78 is 10.9. The maximum atomic E-state index is 12.2. The number of benzene rings is 3. The van der Waals surface area contributed by atoms with Crippen molar-refractivity contribution in [3.63, 3.8) is 0 Å². The first kappa shape index (κ1) is 29.0. The Labute approximate surface area is 228 Å². The number of nitrogens with zero attached hydrogens (tertiary/aromatic N) is 2. The molecule has 39 heavy (non-hydrogen) atoms. The number of hydrogen-bond donors (Lipinski definition) is 1. The van der Waals surface area contributed by atoms with E-state index in [4.69, 9.17) is 9.47 Å². The van der Waals surface area contributed by atoms with E-state index in [1.165, 1.54) is 36.0 Å². The molecule has 0 spiro atoms. The molecule has 0 aliphatic rings. The molecule has 0 atom stereocenters. The van der Waals surface area contributed by atoms with Gasteiger partial charge in [-0.1, -0.05) is 46.8 Å². The second kappa shape index (κ2) is 12.3. The van der Waals surface area contributed by atoms with Gasteiger partial charge in [0.2, 0.25) is 0 Å². The molecule has 204 valence electrons. The van der Waals surface area contributed by atoms with Crippen LogP contribution in [-0.4, -0.2) is 29.6 Å². The van der Waals surface area contributed by atoms with Crippen LogP contribution < -0.4 is 14.9 Å². The number of nitrogens with one attached hydrogen (secondary N) is 1. The highest BCUT2D eigenvalue weighted by molar-refractivity contribution is 5.91. The molecule has 0 unspecified atom stereocenters. The van der Waals surface area contributed by atoms with Crippen LogP contribution in [0.3, 0.4) is 0 Å². The van der Waals surface area contributed by atoms with Crippen LogP contribution in [0.1, 0.15) is 62.5 Å². The van der Waals surface area contributed by atoms with Crippen molar-refractivity contribution in [2.24, 2.45) is 10.5 Å². The van der Waals surface area contributed by atoms with E-state index in [0.29, 0.717) is 17.1 Å². The fourth-order valence-corrected chi connectivity index (χ4v) is 4.30. The fourth-order valence-electron chi connectivity index (χ4n) is 4.30. The molecule has 9 nitrogen and oxygen atoms in total. The van der Waals surface area contributed by atoms with Gasteiger partial charge >= 0.3 is 5.97 Å². The average Bonchev–Trinajstić information content (AvgIpc) is 2.87. The Morgan fingerprint density at radius 1 is 0.897 bits per heavy atom. The van der Waals surface area contributed by atoms with Crippen LogP contribution in [0.15, 0.2) is 77.9 Å².